The van der Waals surface area contributed by atoms with Crippen LogP contribution in [0.15, 0.2) is 91.6 Å². The van der Waals surface area contributed by atoms with Crippen LogP contribution in [-0.2, 0) is 12.8 Å². The van der Waals surface area contributed by atoms with E-state index in [0.717, 1.165) is 12.8 Å². The second-order valence-electron chi connectivity index (χ2n) is 4.84. The summed E-state index contributed by atoms with van der Waals surface area (Å²) < 4.78 is 0. The second-order valence-corrected chi connectivity index (χ2v) is 4.84. The first-order valence-electron chi connectivity index (χ1n) is 6.87. The van der Waals surface area contributed by atoms with Gasteiger partial charge >= 0.3 is 0 Å². The van der Waals surface area contributed by atoms with Crippen LogP contribution in [0.3, 0.4) is 0 Å². The molecule has 0 nitrogen and oxygen atoms in total. The maximum Gasteiger partial charge on any atom is -0.00257 e. The first kappa shape index (κ1) is 14.1. The molecule has 0 unspecified atom stereocenters. The highest BCUT2D eigenvalue weighted by atomic mass is 14.0. The number of hydrogen-bond acceptors (Lipinski definition) is 0. The van der Waals surface area contributed by atoms with Gasteiger partial charge in [0.15, 0.2) is 0 Å². The van der Waals surface area contributed by atoms with E-state index in [4.69, 9.17) is 0 Å². The van der Waals surface area contributed by atoms with E-state index in [9.17, 15) is 0 Å². The van der Waals surface area contributed by atoms with Crippen LogP contribution in [0.5, 0.6) is 0 Å². The zero-order valence-electron chi connectivity index (χ0n) is 11.8. The molecule has 2 rings (SSSR count). The van der Waals surface area contributed by atoms with E-state index in [1.807, 2.05) is 18.2 Å². The number of allylic oxidation sites excluding steroid dienone is 4. The molecular formula is C20H20. The van der Waals surface area contributed by atoms with Crippen LogP contribution < -0.4 is 0 Å². The summed E-state index contributed by atoms with van der Waals surface area (Å²) in [5.74, 6) is 0. The van der Waals surface area contributed by atoms with E-state index < -0.39 is 0 Å². The Morgan fingerprint density at radius 3 is 2.25 bits per heavy atom. The van der Waals surface area contributed by atoms with Crippen molar-refractivity contribution < 1.29 is 0 Å². The van der Waals surface area contributed by atoms with Crippen LogP contribution in [0, 0.1) is 0 Å². The summed E-state index contributed by atoms with van der Waals surface area (Å²) >= 11 is 0. The molecule has 0 fully saturated rings. The van der Waals surface area contributed by atoms with Crippen molar-refractivity contribution in [3.8, 4) is 0 Å². The van der Waals surface area contributed by atoms with Crippen molar-refractivity contribution >= 4 is 0 Å². The van der Waals surface area contributed by atoms with Gasteiger partial charge in [-0.1, -0.05) is 86.0 Å². The van der Waals surface area contributed by atoms with Gasteiger partial charge in [-0.2, -0.15) is 0 Å². The number of hydrogen-bond donors (Lipinski definition) is 0. The van der Waals surface area contributed by atoms with Crippen LogP contribution >= 0.6 is 0 Å². The molecule has 0 aliphatic heterocycles. The van der Waals surface area contributed by atoms with Gasteiger partial charge in [-0.25, -0.2) is 0 Å². The first-order chi connectivity index (χ1) is 9.81. The molecule has 0 bridgehead atoms. The van der Waals surface area contributed by atoms with Gasteiger partial charge in [-0.05, 0) is 35.1 Å². The fraction of sp³-hybridized carbons (Fsp3) is 0.100. The Bertz CT molecular complexity index is 603. The normalized spacial score (nSPS) is 11.1. The third-order valence-electron chi connectivity index (χ3n) is 3.24. The fourth-order valence-electron chi connectivity index (χ4n) is 2.27. The Labute approximate surface area is 121 Å². The summed E-state index contributed by atoms with van der Waals surface area (Å²) in [5, 5.41) is 0. The molecule has 2 aromatic carbocycles. The van der Waals surface area contributed by atoms with Gasteiger partial charge in [0.25, 0.3) is 0 Å². The zero-order valence-corrected chi connectivity index (χ0v) is 11.8. The van der Waals surface area contributed by atoms with Gasteiger partial charge in [0.2, 0.25) is 0 Å². The van der Waals surface area contributed by atoms with E-state index in [1.165, 1.54) is 22.3 Å². The minimum atomic E-state index is 0.901. The summed E-state index contributed by atoms with van der Waals surface area (Å²) in [6, 6.07) is 19.3. The lowest BCUT2D eigenvalue weighted by Crippen LogP contribution is -1.92. The molecular weight excluding hydrogens is 240 g/mol. The number of rotatable bonds is 6. The Morgan fingerprint density at radius 2 is 1.55 bits per heavy atom. The third-order valence-corrected chi connectivity index (χ3v) is 3.24. The smallest absolute Gasteiger partial charge is 0.00257 e. The predicted octanol–water partition coefficient (Wildman–Crippen LogP) is 5.12. The second kappa shape index (κ2) is 7.30. The van der Waals surface area contributed by atoms with Crippen molar-refractivity contribution in [2.45, 2.75) is 12.8 Å². The summed E-state index contributed by atoms with van der Waals surface area (Å²) in [4.78, 5) is 0. The topological polar surface area (TPSA) is 0 Å². The van der Waals surface area contributed by atoms with Gasteiger partial charge in [-0.3, -0.25) is 0 Å². The summed E-state index contributed by atoms with van der Waals surface area (Å²) in [6.07, 6.45) is 7.59. The molecule has 0 aliphatic carbocycles. The van der Waals surface area contributed by atoms with Crippen molar-refractivity contribution in [1.82, 2.24) is 0 Å². The quantitative estimate of drug-likeness (QED) is 0.632. The summed E-state index contributed by atoms with van der Waals surface area (Å²) in [5.41, 5.74) is 5.19. The monoisotopic (exact) mass is 260 g/mol. The van der Waals surface area contributed by atoms with E-state index in [-0.39, 0.29) is 0 Å². The molecule has 20 heavy (non-hydrogen) atoms. The Kier molecular flexibility index (Phi) is 5.14. The van der Waals surface area contributed by atoms with Crippen molar-refractivity contribution in [1.29, 1.82) is 0 Å². The lowest BCUT2D eigenvalue weighted by Gasteiger charge is -2.06. The maximum atomic E-state index is 3.85. The standard InChI is InChI=1S/C20H20/c1-3-9-17(4-2)14-19-12-8-13-20(16-19)15-18-10-6-5-7-11-18/h3-13,16H,1-2,14-15H2/b17-9+. The third kappa shape index (κ3) is 4.10. The minimum absolute atomic E-state index is 0.901. The molecule has 0 aliphatic rings. The van der Waals surface area contributed by atoms with Crippen LogP contribution in [0.25, 0.3) is 0 Å². The SMILES string of the molecule is C=C/C=C(\C=C)Cc1cccc(Cc2ccccc2)c1. The average Bonchev–Trinajstić information content (AvgIpc) is 2.48. The molecule has 0 heteroatoms. The van der Waals surface area contributed by atoms with Crippen molar-refractivity contribution in [2.75, 3.05) is 0 Å². The molecule has 0 atom stereocenters. The predicted molar refractivity (Wildman–Crippen MR) is 87.9 cm³/mol. The largest absolute Gasteiger partial charge is 0.0991 e. The molecule has 0 saturated carbocycles. The van der Waals surface area contributed by atoms with Crippen LogP contribution in [0.1, 0.15) is 16.7 Å². The van der Waals surface area contributed by atoms with Gasteiger partial charge in [0, 0.05) is 0 Å². The van der Waals surface area contributed by atoms with E-state index >= 15 is 0 Å². The Balaban J connectivity index is 2.14. The highest BCUT2D eigenvalue weighted by Gasteiger charge is 2.00. The minimum Gasteiger partial charge on any atom is -0.0991 e. The lowest BCUT2D eigenvalue weighted by molar-refractivity contribution is 1.14. The fourth-order valence-corrected chi connectivity index (χ4v) is 2.27. The molecule has 2 aromatic rings. The van der Waals surface area contributed by atoms with Gasteiger partial charge < -0.3 is 0 Å². The number of benzene rings is 2. The summed E-state index contributed by atoms with van der Waals surface area (Å²) in [7, 11) is 0. The van der Waals surface area contributed by atoms with Crippen LogP contribution in [0.4, 0.5) is 0 Å². The van der Waals surface area contributed by atoms with Gasteiger partial charge in [-0.15, -0.1) is 0 Å². The lowest BCUT2D eigenvalue weighted by atomic mass is 9.99. The molecule has 0 spiro atoms. The molecule has 0 heterocycles. The Hall–Kier alpha value is -2.34. The van der Waals surface area contributed by atoms with E-state index in [2.05, 4.69) is 67.8 Å². The molecule has 0 radical (unpaired) electrons. The highest BCUT2D eigenvalue weighted by molar-refractivity contribution is 5.34. The molecule has 100 valence electrons. The average molecular weight is 260 g/mol. The summed E-state index contributed by atoms with van der Waals surface area (Å²) in [6.45, 7) is 7.59. The maximum absolute atomic E-state index is 3.85. The zero-order chi connectivity index (χ0) is 14.2. The van der Waals surface area contributed by atoms with Crippen molar-refractivity contribution in [2.24, 2.45) is 0 Å². The van der Waals surface area contributed by atoms with E-state index in [0.29, 0.717) is 0 Å². The van der Waals surface area contributed by atoms with Crippen LogP contribution in [-0.4, -0.2) is 0 Å². The molecule has 0 saturated heterocycles. The van der Waals surface area contributed by atoms with Crippen molar-refractivity contribution in [3.63, 3.8) is 0 Å². The molecule has 0 N–H and O–H groups in total. The molecule has 0 amide bonds. The highest BCUT2D eigenvalue weighted by Crippen LogP contribution is 2.14. The first-order valence-corrected chi connectivity index (χ1v) is 6.87. The molecule has 0 aromatic heterocycles. The van der Waals surface area contributed by atoms with Gasteiger partial charge in [0.1, 0.15) is 0 Å². The van der Waals surface area contributed by atoms with E-state index in [1.54, 1.807) is 0 Å². The van der Waals surface area contributed by atoms with Crippen molar-refractivity contribution in [3.05, 3.63) is 108 Å². The van der Waals surface area contributed by atoms with Crippen LogP contribution in [0.2, 0.25) is 0 Å². The Morgan fingerprint density at radius 1 is 0.850 bits per heavy atom. The van der Waals surface area contributed by atoms with Gasteiger partial charge in [0.05, 0.1) is 0 Å².